The maximum Gasteiger partial charge on any atom is 0.222 e. The zero-order valence-corrected chi connectivity index (χ0v) is 14.7. The number of nitrogens with zero attached hydrogens (tertiary/aromatic N) is 2. The third kappa shape index (κ3) is 4.59. The molecule has 0 N–H and O–H groups in total. The predicted molar refractivity (Wildman–Crippen MR) is 99.1 cm³/mol. The van der Waals surface area contributed by atoms with E-state index in [1.807, 2.05) is 19.2 Å². The molecule has 0 unspecified atom stereocenters. The Balaban J connectivity index is 1.60. The Hall–Kier alpha value is -2.36. The van der Waals surface area contributed by atoms with Crippen molar-refractivity contribution < 1.29 is 9.18 Å². The minimum Gasteiger partial charge on any atom is -0.371 e. The number of benzene rings is 2. The van der Waals surface area contributed by atoms with Crippen molar-refractivity contribution in [2.75, 3.05) is 25.0 Å². The second-order valence-electron chi connectivity index (χ2n) is 6.70. The molecule has 1 heterocycles. The maximum atomic E-state index is 13.2. The fourth-order valence-electron chi connectivity index (χ4n) is 3.39. The van der Waals surface area contributed by atoms with E-state index in [1.54, 1.807) is 11.0 Å². The molecule has 0 radical (unpaired) electrons. The van der Waals surface area contributed by atoms with Gasteiger partial charge in [0.1, 0.15) is 5.82 Å². The number of hydrogen-bond donors (Lipinski definition) is 0. The molecule has 3 nitrogen and oxygen atoms in total. The topological polar surface area (TPSA) is 23.6 Å². The number of carbonyl (C=O) groups is 1. The first-order valence-electron chi connectivity index (χ1n) is 8.95. The van der Waals surface area contributed by atoms with Crippen LogP contribution in [0, 0.1) is 5.82 Å². The number of halogens is 1. The van der Waals surface area contributed by atoms with Gasteiger partial charge in [-0.3, -0.25) is 4.79 Å². The number of hydrogen-bond acceptors (Lipinski definition) is 2. The summed E-state index contributed by atoms with van der Waals surface area (Å²) in [5.41, 5.74) is 3.29. The Morgan fingerprint density at radius 3 is 2.64 bits per heavy atom. The fraction of sp³-hybridized carbons (Fsp3) is 0.381. The van der Waals surface area contributed by atoms with Crippen LogP contribution in [0.3, 0.4) is 0 Å². The number of carbonyl (C=O) groups excluding carboxylic acids is 1. The first-order chi connectivity index (χ1) is 12.1. The fourth-order valence-corrected chi connectivity index (χ4v) is 3.39. The average molecular weight is 340 g/mol. The van der Waals surface area contributed by atoms with E-state index in [-0.39, 0.29) is 11.7 Å². The second kappa shape index (κ2) is 8.15. The zero-order chi connectivity index (χ0) is 17.6. The van der Waals surface area contributed by atoms with Crippen molar-refractivity contribution in [3.8, 4) is 0 Å². The van der Waals surface area contributed by atoms with Crippen molar-refractivity contribution in [3.05, 3.63) is 65.5 Å². The SMILES string of the molecule is CN(Cc1ccccc1N1CCCC1)C(=O)CCc1cccc(F)c1. The average Bonchev–Trinajstić information content (AvgIpc) is 3.14. The van der Waals surface area contributed by atoms with Crippen molar-refractivity contribution in [1.82, 2.24) is 4.90 Å². The van der Waals surface area contributed by atoms with Gasteiger partial charge in [0, 0.05) is 38.8 Å². The summed E-state index contributed by atoms with van der Waals surface area (Å²) >= 11 is 0. The first kappa shape index (κ1) is 17.5. The van der Waals surface area contributed by atoms with E-state index in [1.165, 1.54) is 36.2 Å². The summed E-state index contributed by atoms with van der Waals surface area (Å²) in [6.45, 7) is 2.79. The van der Waals surface area contributed by atoms with Crippen molar-refractivity contribution in [2.24, 2.45) is 0 Å². The van der Waals surface area contributed by atoms with Crippen LogP contribution in [0.5, 0.6) is 0 Å². The molecular formula is C21H25FN2O. The Bertz CT molecular complexity index is 725. The van der Waals surface area contributed by atoms with Crippen LogP contribution in [-0.2, 0) is 17.8 Å². The molecule has 1 fully saturated rings. The van der Waals surface area contributed by atoms with Gasteiger partial charge >= 0.3 is 0 Å². The number of rotatable bonds is 6. The molecule has 0 spiro atoms. The summed E-state index contributed by atoms with van der Waals surface area (Å²) in [6, 6.07) is 14.8. The summed E-state index contributed by atoms with van der Waals surface area (Å²) < 4.78 is 13.2. The van der Waals surface area contributed by atoms with Crippen LogP contribution in [0.25, 0.3) is 0 Å². The zero-order valence-electron chi connectivity index (χ0n) is 14.7. The highest BCUT2D eigenvalue weighted by molar-refractivity contribution is 5.76. The van der Waals surface area contributed by atoms with Gasteiger partial charge in [0.15, 0.2) is 0 Å². The van der Waals surface area contributed by atoms with Crippen LogP contribution < -0.4 is 4.90 Å². The Morgan fingerprint density at radius 2 is 1.88 bits per heavy atom. The molecule has 0 bridgehead atoms. The van der Waals surface area contributed by atoms with Crippen molar-refractivity contribution in [1.29, 1.82) is 0 Å². The first-order valence-corrected chi connectivity index (χ1v) is 8.95. The van der Waals surface area contributed by atoms with Gasteiger partial charge in [-0.15, -0.1) is 0 Å². The lowest BCUT2D eigenvalue weighted by Gasteiger charge is -2.24. The predicted octanol–water partition coefficient (Wildman–Crippen LogP) is 4.02. The monoisotopic (exact) mass is 340 g/mol. The molecule has 3 rings (SSSR count). The summed E-state index contributed by atoms with van der Waals surface area (Å²) in [6.07, 6.45) is 3.42. The highest BCUT2D eigenvalue weighted by atomic mass is 19.1. The highest BCUT2D eigenvalue weighted by Crippen LogP contribution is 2.25. The van der Waals surface area contributed by atoms with Gasteiger partial charge in [0.25, 0.3) is 0 Å². The van der Waals surface area contributed by atoms with Crippen LogP contribution in [0.1, 0.15) is 30.4 Å². The number of para-hydroxylation sites is 1. The molecule has 0 aliphatic carbocycles. The van der Waals surface area contributed by atoms with E-state index in [9.17, 15) is 9.18 Å². The number of anilines is 1. The Labute approximate surface area is 149 Å². The molecule has 1 aliphatic rings. The molecule has 0 saturated carbocycles. The van der Waals surface area contributed by atoms with Crippen molar-refractivity contribution in [2.45, 2.75) is 32.2 Å². The Morgan fingerprint density at radius 1 is 1.12 bits per heavy atom. The molecule has 132 valence electrons. The standard InChI is InChI=1S/C21H25FN2O/c1-23(21(25)12-11-17-7-6-9-19(22)15-17)16-18-8-2-3-10-20(18)24-13-4-5-14-24/h2-3,6-10,15H,4-5,11-14,16H2,1H3. The molecule has 2 aromatic rings. The van der Waals surface area contributed by atoms with Crippen LogP contribution in [0.2, 0.25) is 0 Å². The lowest BCUT2D eigenvalue weighted by molar-refractivity contribution is -0.130. The van der Waals surface area contributed by atoms with E-state index in [2.05, 4.69) is 23.1 Å². The summed E-state index contributed by atoms with van der Waals surface area (Å²) in [5.74, 6) is -0.168. The largest absolute Gasteiger partial charge is 0.371 e. The second-order valence-corrected chi connectivity index (χ2v) is 6.70. The number of aryl methyl sites for hydroxylation is 1. The molecule has 2 aromatic carbocycles. The minimum absolute atomic E-state index is 0.0838. The van der Waals surface area contributed by atoms with E-state index in [4.69, 9.17) is 0 Å². The van der Waals surface area contributed by atoms with E-state index < -0.39 is 0 Å². The van der Waals surface area contributed by atoms with Crippen LogP contribution in [0.15, 0.2) is 48.5 Å². The van der Waals surface area contributed by atoms with Gasteiger partial charge in [-0.05, 0) is 48.6 Å². The van der Waals surface area contributed by atoms with Gasteiger partial charge in [0.2, 0.25) is 5.91 Å². The van der Waals surface area contributed by atoms with Gasteiger partial charge in [-0.1, -0.05) is 30.3 Å². The molecule has 1 saturated heterocycles. The quantitative estimate of drug-likeness (QED) is 0.793. The van der Waals surface area contributed by atoms with Gasteiger partial charge < -0.3 is 9.80 Å². The summed E-state index contributed by atoms with van der Waals surface area (Å²) in [7, 11) is 1.84. The smallest absolute Gasteiger partial charge is 0.222 e. The third-order valence-corrected chi connectivity index (χ3v) is 4.79. The molecule has 0 aromatic heterocycles. The summed E-state index contributed by atoms with van der Waals surface area (Å²) in [5, 5.41) is 0. The molecule has 1 aliphatic heterocycles. The van der Waals surface area contributed by atoms with Crippen LogP contribution >= 0.6 is 0 Å². The lowest BCUT2D eigenvalue weighted by atomic mass is 10.1. The van der Waals surface area contributed by atoms with Crippen molar-refractivity contribution >= 4 is 11.6 Å². The summed E-state index contributed by atoms with van der Waals surface area (Å²) in [4.78, 5) is 16.6. The molecule has 0 atom stereocenters. The van der Waals surface area contributed by atoms with Crippen molar-refractivity contribution in [3.63, 3.8) is 0 Å². The lowest BCUT2D eigenvalue weighted by Crippen LogP contribution is -2.28. The Kier molecular flexibility index (Phi) is 5.69. The van der Waals surface area contributed by atoms with E-state index in [0.717, 1.165) is 18.7 Å². The molecular weight excluding hydrogens is 315 g/mol. The van der Waals surface area contributed by atoms with Crippen LogP contribution in [0.4, 0.5) is 10.1 Å². The normalized spacial score (nSPS) is 13.9. The van der Waals surface area contributed by atoms with E-state index in [0.29, 0.717) is 19.4 Å². The molecule has 1 amide bonds. The highest BCUT2D eigenvalue weighted by Gasteiger charge is 2.17. The van der Waals surface area contributed by atoms with Gasteiger partial charge in [-0.2, -0.15) is 0 Å². The minimum atomic E-state index is -0.252. The van der Waals surface area contributed by atoms with Gasteiger partial charge in [-0.25, -0.2) is 4.39 Å². The van der Waals surface area contributed by atoms with Crippen LogP contribution in [-0.4, -0.2) is 30.9 Å². The third-order valence-electron chi connectivity index (χ3n) is 4.79. The van der Waals surface area contributed by atoms with Gasteiger partial charge in [0.05, 0.1) is 0 Å². The molecule has 25 heavy (non-hydrogen) atoms. The molecule has 4 heteroatoms. The maximum absolute atomic E-state index is 13.2. The van der Waals surface area contributed by atoms with E-state index >= 15 is 0 Å². The number of amides is 1.